The van der Waals surface area contributed by atoms with Gasteiger partial charge in [0, 0.05) is 12.8 Å². The standard InChI is InChI=1S/C63H123NO5/c1-3-5-7-9-11-13-15-32-36-39-43-47-51-55-61(66)60(59-65)64-62(67)56-52-48-44-40-37-33-30-28-26-24-22-20-18-16-17-19-21-23-25-27-29-31-34-38-42-46-50-54-58-69-63(68)57-53-49-45-41-35-14-12-10-8-6-4-2/h51,55,60-61,65-66H,3-50,52-54,56-59H2,1-2H3,(H,64,67)/b55-51+. The highest BCUT2D eigenvalue weighted by molar-refractivity contribution is 5.76. The van der Waals surface area contributed by atoms with E-state index in [2.05, 4.69) is 19.2 Å². The molecule has 410 valence electrons. The number of aliphatic hydroxyl groups excluding tert-OH is 2. The SMILES string of the molecule is CCCCCCCCCCCCC/C=C/C(O)C(CO)NC(=O)CCCCCCCCCCCCCCCCCCCCCCCCCCCCCCOC(=O)CCCCCCCCCCCCC. The molecule has 2 atom stereocenters. The summed E-state index contributed by atoms with van der Waals surface area (Å²) in [7, 11) is 0. The minimum Gasteiger partial charge on any atom is -0.466 e. The van der Waals surface area contributed by atoms with Gasteiger partial charge in [-0.25, -0.2) is 0 Å². The Balaban J connectivity index is 3.34. The zero-order chi connectivity index (χ0) is 50.0. The first-order valence-corrected chi connectivity index (χ1v) is 31.5. The molecule has 0 saturated heterocycles. The highest BCUT2D eigenvalue weighted by atomic mass is 16.5. The number of aliphatic hydroxyl groups is 2. The lowest BCUT2D eigenvalue weighted by Gasteiger charge is -2.20. The van der Waals surface area contributed by atoms with Crippen molar-refractivity contribution in [2.45, 2.75) is 366 Å². The highest BCUT2D eigenvalue weighted by Gasteiger charge is 2.18. The van der Waals surface area contributed by atoms with Crippen LogP contribution in [0.1, 0.15) is 354 Å². The molecule has 0 aromatic rings. The van der Waals surface area contributed by atoms with Crippen LogP contribution in [0.25, 0.3) is 0 Å². The van der Waals surface area contributed by atoms with Crippen LogP contribution in [0.15, 0.2) is 12.2 Å². The molecule has 0 bridgehead atoms. The second-order valence-electron chi connectivity index (χ2n) is 21.8. The van der Waals surface area contributed by atoms with E-state index >= 15 is 0 Å². The van der Waals surface area contributed by atoms with E-state index in [-0.39, 0.29) is 18.5 Å². The van der Waals surface area contributed by atoms with Gasteiger partial charge < -0.3 is 20.3 Å². The molecule has 0 radical (unpaired) electrons. The van der Waals surface area contributed by atoms with E-state index < -0.39 is 12.1 Å². The molecule has 0 spiro atoms. The molecule has 69 heavy (non-hydrogen) atoms. The van der Waals surface area contributed by atoms with Crippen LogP contribution >= 0.6 is 0 Å². The number of rotatable bonds is 59. The second-order valence-corrected chi connectivity index (χ2v) is 21.8. The molecule has 0 aliphatic heterocycles. The van der Waals surface area contributed by atoms with Gasteiger partial charge in [-0.3, -0.25) is 9.59 Å². The van der Waals surface area contributed by atoms with Gasteiger partial charge in [0.1, 0.15) is 0 Å². The Morgan fingerprint density at radius 3 is 0.986 bits per heavy atom. The van der Waals surface area contributed by atoms with Crippen molar-refractivity contribution in [1.29, 1.82) is 0 Å². The number of amides is 1. The first-order chi connectivity index (χ1) is 34.0. The van der Waals surface area contributed by atoms with Gasteiger partial charge in [0.2, 0.25) is 5.91 Å². The van der Waals surface area contributed by atoms with E-state index in [0.29, 0.717) is 19.4 Å². The summed E-state index contributed by atoms with van der Waals surface area (Å²) in [6.07, 6.45) is 71.2. The van der Waals surface area contributed by atoms with Gasteiger partial charge in [-0.05, 0) is 32.1 Å². The molecule has 0 aliphatic rings. The van der Waals surface area contributed by atoms with Crippen molar-refractivity contribution in [3.63, 3.8) is 0 Å². The molecule has 0 saturated carbocycles. The summed E-state index contributed by atoms with van der Waals surface area (Å²) >= 11 is 0. The number of unbranched alkanes of at least 4 members (excludes halogenated alkanes) is 48. The molecule has 6 nitrogen and oxygen atoms in total. The Kier molecular flexibility index (Phi) is 58.0. The summed E-state index contributed by atoms with van der Waals surface area (Å²) in [5.74, 6) is -0.0448. The number of allylic oxidation sites excluding steroid dienone is 1. The normalized spacial score (nSPS) is 12.6. The average molecular weight is 975 g/mol. The van der Waals surface area contributed by atoms with Crippen LogP contribution in [-0.2, 0) is 14.3 Å². The second kappa shape index (κ2) is 59.2. The van der Waals surface area contributed by atoms with E-state index in [1.165, 1.54) is 289 Å². The summed E-state index contributed by atoms with van der Waals surface area (Å²) in [4.78, 5) is 24.4. The lowest BCUT2D eigenvalue weighted by molar-refractivity contribution is -0.143. The third-order valence-corrected chi connectivity index (χ3v) is 14.8. The Morgan fingerprint density at radius 1 is 0.391 bits per heavy atom. The van der Waals surface area contributed by atoms with Crippen molar-refractivity contribution < 1.29 is 24.5 Å². The molecule has 0 aromatic carbocycles. The van der Waals surface area contributed by atoms with Crippen molar-refractivity contribution in [3.8, 4) is 0 Å². The third kappa shape index (κ3) is 55.8. The van der Waals surface area contributed by atoms with Gasteiger partial charge in [-0.15, -0.1) is 0 Å². The zero-order valence-corrected chi connectivity index (χ0v) is 46.8. The monoisotopic (exact) mass is 974 g/mol. The third-order valence-electron chi connectivity index (χ3n) is 14.8. The van der Waals surface area contributed by atoms with Crippen LogP contribution in [0.2, 0.25) is 0 Å². The summed E-state index contributed by atoms with van der Waals surface area (Å²) in [5, 5.41) is 23.1. The molecule has 0 rings (SSSR count). The molecule has 0 aliphatic carbocycles. The minimum atomic E-state index is -0.840. The van der Waals surface area contributed by atoms with Crippen molar-refractivity contribution in [2.75, 3.05) is 13.2 Å². The van der Waals surface area contributed by atoms with Crippen molar-refractivity contribution >= 4 is 11.9 Å². The fourth-order valence-electron chi connectivity index (χ4n) is 9.99. The average Bonchev–Trinajstić information content (AvgIpc) is 3.35. The van der Waals surface area contributed by atoms with Crippen LogP contribution in [-0.4, -0.2) is 47.4 Å². The van der Waals surface area contributed by atoms with E-state index in [9.17, 15) is 19.8 Å². The highest BCUT2D eigenvalue weighted by Crippen LogP contribution is 2.18. The maximum absolute atomic E-state index is 12.4. The molecule has 0 fully saturated rings. The maximum Gasteiger partial charge on any atom is 0.305 e. The predicted molar refractivity (Wildman–Crippen MR) is 301 cm³/mol. The van der Waals surface area contributed by atoms with Gasteiger partial charge in [0.05, 0.1) is 25.4 Å². The van der Waals surface area contributed by atoms with E-state index in [4.69, 9.17) is 4.74 Å². The van der Waals surface area contributed by atoms with E-state index in [1.54, 1.807) is 6.08 Å². The number of ether oxygens (including phenoxy) is 1. The van der Waals surface area contributed by atoms with Gasteiger partial charge in [0.25, 0.3) is 0 Å². The largest absolute Gasteiger partial charge is 0.466 e. The smallest absolute Gasteiger partial charge is 0.305 e. The topological polar surface area (TPSA) is 95.9 Å². The lowest BCUT2D eigenvalue weighted by atomic mass is 10.0. The van der Waals surface area contributed by atoms with Crippen LogP contribution in [0.5, 0.6) is 0 Å². The number of hydrogen-bond acceptors (Lipinski definition) is 5. The lowest BCUT2D eigenvalue weighted by Crippen LogP contribution is -2.45. The number of carbonyl (C=O) groups excluding carboxylic acids is 2. The van der Waals surface area contributed by atoms with E-state index in [0.717, 1.165) is 38.5 Å². The number of esters is 1. The molecular weight excluding hydrogens is 851 g/mol. The Bertz CT molecular complexity index is 1030. The molecule has 3 N–H and O–H groups in total. The summed E-state index contributed by atoms with van der Waals surface area (Å²) < 4.78 is 5.47. The van der Waals surface area contributed by atoms with Gasteiger partial charge in [-0.2, -0.15) is 0 Å². The van der Waals surface area contributed by atoms with Crippen molar-refractivity contribution in [1.82, 2.24) is 5.32 Å². The number of nitrogens with one attached hydrogen (secondary N) is 1. The molecule has 0 heterocycles. The molecule has 2 unspecified atom stereocenters. The Morgan fingerprint density at radius 2 is 0.667 bits per heavy atom. The van der Waals surface area contributed by atoms with Crippen LogP contribution < -0.4 is 5.32 Å². The first-order valence-electron chi connectivity index (χ1n) is 31.5. The fraction of sp³-hybridized carbons (Fsp3) is 0.937. The molecule has 1 amide bonds. The zero-order valence-electron chi connectivity index (χ0n) is 46.8. The molecule has 6 heteroatoms. The predicted octanol–water partition coefficient (Wildman–Crippen LogP) is 19.6. The summed E-state index contributed by atoms with van der Waals surface area (Å²) in [5.41, 5.74) is 0. The molecular formula is C63H123NO5. The minimum absolute atomic E-state index is 0.0186. The fourth-order valence-corrected chi connectivity index (χ4v) is 9.99. The van der Waals surface area contributed by atoms with Crippen LogP contribution in [0, 0.1) is 0 Å². The van der Waals surface area contributed by atoms with Crippen LogP contribution in [0.4, 0.5) is 0 Å². The quantitative estimate of drug-likeness (QED) is 0.0321. The molecule has 0 aromatic heterocycles. The van der Waals surface area contributed by atoms with Crippen molar-refractivity contribution in [2.24, 2.45) is 0 Å². The Labute approximate surface area is 431 Å². The van der Waals surface area contributed by atoms with Gasteiger partial charge >= 0.3 is 5.97 Å². The summed E-state index contributed by atoms with van der Waals surface area (Å²) in [6, 6.07) is -0.623. The van der Waals surface area contributed by atoms with E-state index in [1.807, 2.05) is 6.08 Å². The Hall–Kier alpha value is -1.40. The first kappa shape index (κ1) is 67.6. The van der Waals surface area contributed by atoms with Gasteiger partial charge in [0.15, 0.2) is 0 Å². The van der Waals surface area contributed by atoms with Gasteiger partial charge in [-0.1, -0.05) is 321 Å². The number of hydrogen-bond donors (Lipinski definition) is 3. The number of carbonyl (C=O) groups is 2. The summed E-state index contributed by atoms with van der Waals surface area (Å²) in [6.45, 7) is 4.92. The van der Waals surface area contributed by atoms with Crippen LogP contribution in [0.3, 0.4) is 0 Å². The maximum atomic E-state index is 12.4. The van der Waals surface area contributed by atoms with Crippen molar-refractivity contribution in [3.05, 3.63) is 12.2 Å².